The molecule has 0 radical (unpaired) electrons. The van der Waals surface area contributed by atoms with Crippen molar-refractivity contribution in [3.05, 3.63) is 79.9 Å². The largest absolute Gasteiger partial charge is 0.465 e. The molecule has 0 aliphatic heterocycles. The van der Waals surface area contributed by atoms with Gasteiger partial charge in [-0.05, 0) is 24.3 Å². The van der Waals surface area contributed by atoms with Gasteiger partial charge in [0.1, 0.15) is 0 Å². The summed E-state index contributed by atoms with van der Waals surface area (Å²) in [5.41, 5.74) is 2.80. The Bertz CT molecular complexity index is 979. The van der Waals surface area contributed by atoms with Crippen molar-refractivity contribution in [2.45, 2.75) is 0 Å². The molecule has 114 valence electrons. The molecule has 0 aliphatic rings. The quantitative estimate of drug-likeness (QED) is 0.579. The number of carbonyl (C=O) groups is 1. The molecule has 0 heterocycles. The average Bonchev–Trinajstić information content (AvgIpc) is 2.84. The van der Waals surface area contributed by atoms with Gasteiger partial charge in [0, 0.05) is 10.8 Å². The summed E-state index contributed by atoms with van der Waals surface area (Å²) < 4.78 is 4.61. The van der Waals surface area contributed by atoms with Crippen molar-refractivity contribution < 1.29 is 9.53 Å². The van der Waals surface area contributed by atoms with Crippen LogP contribution in [0.3, 0.4) is 0 Å². The average molecular weight is 308 g/mol. The number of anilines is 1. The van der Waals surface area contributed by atoms with Gasteiger partial charge in [-0.2, -0.15) is 5.10 Å². The minimum atomic E-state index is -0.445. The summed E-state index contributed by atoms with van der Waals surface area (Å²) in [7, 11) is 1.30. The van der Waals surface area contributed by atoms with Crippen LogP contribution in [0.25, 0.3) is 10.8 Å². The van der Waals surface area contributed by atoms with Crippen LogP contribution in [-0.4, -0.2) is 13.1 Å². The van der Waals surface area contributed by atoms with Gasteiger partial charge in [0.25, 0.3) is 0 Å². The summed E-state index contributed by atoms with van der Waals surface area (Å²) in [5, 5.41) is 4.49. The molecule has 1 N–H and O–H groups in total. The fourth-order valence-corrected chi connectivity index (χ4v) is 2.26. The highest BCUT2D eigenvalue weighted by molar-refractivity contribution is 5.89. The number of nitrogens with one attached hydrogen (secondary N) is 1. The summed E-state index contributed by atoms with van der Waals surface area (Å²) in [5.74, 6) is -0.445. The van der Waals surface area contributed by atoms with E-state index in [9.17, 15) is 14.4 Å². The number of nitrogens with zero attached hydrogens (tertiary/aromatic N) is 1. The molecule has 3 aromatic rings. The molecule has 0 amide bonds. The second-order valence-electron chi connectivity index (χ2n) is 4.84. The van der Waals surface area contributed by atoms with Crippen LogP contribution < -0.4 is 21.6 Å². The van der Waals surface area contributed by atoms with Crippen LogP contribution in [0.15, 0.2) is 63.2 Å². The number of carbonyl (C=O) groups excluding carboxylic acids is 1. The maximum Gasteiger partial charge on any atom is 0.337 e. The van der Waals surface area contributed by atoms with Crippen LogP contribution >= 0.6 is 0 Å². The van der Waals surface area contributed by atoms with Gasteiger partial charge in [0.2, 0.25) is 10.9 Å². The molecule has 3 rings (SSSR count). The molecule has 6 nitrogen and oxygen atoms in total. The van der Waals surface area contributed by atoms with E-state index in [-0.39, 0.29) is 5.36 Å². The summed E-state index contributed by atoms with van der Waals surface area (Å²) in [6.07, 6.45) is 0. The van der Waals surface area contributed by atoms with E-state index in [1.165, 1.54) is 7.11 Å². The first-order chi connectivity index (χ1) is 11.1. The molecule has 0 aromatic heterocycles. The molecule has 0 saturated heterocycles. The van der Waals surface area contributed by atoms with Crippen LogP contribution in [0.2, 0.25) is 0 Å². The van der Waals surface area contributed by atoms with Crippen molar-refractivity contribution in [2.24, 2.45) is 5.10 Å². The van der Waals surface area contributed by atoms with Crippen LogP contribution in [0, 0.1) is 0 Å². The van der Waals surface area contributed by atoms with Gasteiger partial charge in [0.05, 0.1) is 18.4 Å². The Morgan fingerprint density at radius 1 is 0.957 bits per heavy atom. The normalized spacial score (nSPS) is 10.5. The van der Waals surface area contributed by atoms with E-state index in [0.29, 0.717) is 22.0 Å². The van der Waals surface area contributed by atoms with Crippen molar-refractivity contribution in [1.82, 2.24) is 0 Å². The fraction of sp³-hybridized carbons (Fsp3) is 0.0588. The number of methoxy groups -OCH3 is 1. The van der Waals surface area contributed by atoms with E-state index in [4.69, 9.17) is 0 Å². The molecule has 3 aromatic carbocycles. The Labute approximate surface area is 130 Å². The van der Waals surface area contributed by atoms with Crippen molar-refractivity contribution in [1.29, 1.82) is 0 Å². The Morgan fingerprint density at radius 2 is 1.52 bits per heavy atom. The van der Waals surface area contributed by atoms with Crippen molar-refractivity contribution in [3.63, 3.8) is 0 Å². The molecule has 6 heteroatoms. The first-order valence-corrected chi connectivity index (χ1v) is 6.82. The molecule has 0 atom stereocenters. The van der Waals surface area contributed by atoms with E-state index in [1.807, 2.05) is 0 Å². The number of fused-ring (bicyclic) bond motifs is 1. The van der Waals surface area contributed by atoms with Gasteiger partial charge in [-0.15, -0.1) is 0 Å². The lowest BCUT2D eigenvalue weighted by atomic mass is 10.2. The third-order valence-corrected chi connectivity index (χ3v) is 3.45. The Kier molecular flexibility index (Phi) is 3.72. The van der Waals surface area contributed by atoms with Gasteiger partial charge in [-0.1, -0.05) is 24.3 Å². The smallest absolute Gasteiger partial charge is 0.337 e. The minimum absolute atomic E-state index is 0.150. The number of hydrogen-bond acceptors (Lipinski definition) is 6. The summed E-state index contributed by atoms with van der Waals surface area (Å²) in [4.78, 5) is 35.7. The number of hydrogen-bond donors (Lipinski definition) is 1. The van der Waals surface area contributed by atoms with Crippen LogP contribution in [0.5, 0.6) is 0 Å². The highest BCUT2D eigenvalue weighted by atomic mass is 16.5. The van der Waals surface area contributed by atoms with Crippen molar-refractivity contribution in [3.8, 4) is 0 Å². The first kappa shape index (κ1) is 14.6. The second kappa shape index (κ2) is 5.84. The van der Waals surface area contributed by atoms with Gasteiger partial charge in [-0.25, -0.2) is 4.79 Å². The standard InChI is InChI=1S/C17H12N2O4/c1-23-17(22)10-6-8-11(9-7-10)18-19-14-15(20)12-4-2-3-5-13(12)16(14)21/h2-9,18H,1H3. The molecular weight excluding hydrogens is 296 g/mol. The third kappa shape index (κ3) is 2.62. The molecule has 23 heavy (non-hydrogen) atoms. The number of benzene rings is 2. The van der Waals surface area contributed by atoms with Gasteiger partial charge >= 0.3 is 5.97 Å². The third-order valence-electron chi connectivity index (χ3n) is 3.45. The lowest BCUT2D eigenvalue weighted by Gasteiger charge is -2.01. The van der Waals surface area contributed by atoms with Gasteiger partial charge in [-0.3, -0.25) is 15.0 Å². The molecule has 0 spiro atoms. The predicted octanol–water partition coefficient (Wildman–Crippen LogP) is 1.15. The zero-order chi connectivity index (χ0) is 16.4. The second-order valence-corrected chi connectivity index (χ2v) is 4.84. The van der Waals surface area contributed by atoms with Crippen LogP contribution in [0.4, 0.5) is 5.69 Å². The van der Waals surface area contributed by atoms with Crippen LogP contribution in [-0.2, 0) is 4.74 Å². The van der Waals surface area contributed by atoms with E-state index in [2.05, 4.69) is 15.3 Å². The zero-order valence-electron chi connectivity index (χ0n) is 12.2. The molecule has 0 fully saturated rings. The van der Waals surface area contributed by atoms with Gasteiger partial charge in [0.15, 0.2) is 5.36 Å². The molecule has 0 bridgehead atoms. The Balaban J connectivity index is 1.96. The number of esters is 1. The van der Waals surface area contributed by atoms with Gasteiger partial charge < -0.3 is 4.74 Å². The van der Waals surface area contributed by atoms with Crippen molar-refractivity contribution >= 4 is 22.4 Å². The Hall–Kier alpha value is -3.28. The van der Waals surface area contributed by atoms with E-state index in [0.717, 1.165) is 0 Å². The van der Waals surface area contributed by atoms with Crippen LogP contribution in [0.1, 0.15) is 10.4 Å². The maximum atomic E-state index is 12.2. The monoisotopic (exact) mass is 308 g/mol. The van der Waals surface area contributed by atoms with E-state index < -0.39 is 16.8 Å². The highest BCUT2D eigenvalue weighted by Gasteiger charge is 2.10. The summed E-state index contributed by atoms with van der Waals surface area (Å²) in [6, 6.07) is 12.9. The molecule has 0 unspecified atom stereocenters. The van der Waals surface area contributed by atoms with E-state index >= 15 is 0 Å². The molecule has 0 saturated carbocycles. The molecular formula is C17H12N2O4. The topological polar surface area (TPSA) is 84.8 Å². The highest BCUT2D eigenvalue weighted by Crippen LogP contribution is 2.10. The SMILES string of the molecule is COC(=O)c1ccc(NN=c2c(=O)c3ccccc3c2=O)cc1. The zero-order valence-corrected chi connectivity index (χ0v) is 12.2. The summed E-state index contributed by atoms with van der Waals surface area (Å²) >= 11 is 0. The van der Waals surface area contributed by atoms with E-state index in [1.54, 1.807) is 48.5 Å². The summed E-state index contributed by atoms with van der Waals surface area (Å²) in [6.45, 7) is 0. The molecule has 0 aliphatic carbocycles. The number of ether oxygens (including phenoxy) is 1. The maximum absolute atomic E-state index is 12.2. The number of rotatable bonds is 3. The predicted molar refractivity (Wildman–Crippen MR) is 85.8 cm³/mol. The fourth-order valence-electron chi connectivity index (χ4n) is 2.26. The van der Waals surface area contributed by atoms with Crippen molar-refractivity contribution in [2.75, 3.05) is 12.5 Å². The Morgan fingerprint density at radius 3 is 2.04 bits per heavy atom. The first-order valence-electron chi connectivity index (χ1n) is 6.82. The lowest BCUT2D eigenvalue weighted by molar-refractivity contribution is 0.0601. The minimum Gasteiger partial charge on any atom is -0.465 e. The lowest BCUT2D eigenvalue weighted by Crippen LogP contribution is -2.32.